The van der Waals surface area contributed by atoms with Crippen LogP contribution in [0.15, 0.2) is 24.5 Å². The summed E-state index contributed by atoms with van der Waals surface area (Å²) in [5, 5.41) is 10.8. The third-order valence-electron chi connectivity index (χ3n) is 5.55. The van der Waals surface area contributed by atoms with E-state index in [-0.39, 0.29) is 18.4 Å². The first-order chi connectivity index (χ1) is 14.1. The van der Waals surface area contributed by atoms with Gasteiger partial charge in [0.1, 0.15) is 5.82 Å². The smallest absolute Gasteiger partial charge is 0.328 e. The fraction of sp³-hybridized carbons (Fsp3) is 0.400. The zero-order valence-corrected chi connectivity index (χ0v) is 17.9. The molecule has 10 heteroatoms. The molecule has 9 nitrogen and oxygen atoms in total. The topological polar surface area (TPSA) is 90.7 Å². The number of amides is 2. The number of carbonyl (C=O) groups excluding carboxylic acids is 1. The summed E-state index contributed by atoms with van der Waals surface area (Å²) in [4.78, 5) is 26.0. The van der Waals surface area contributed by atoms with Crippen molar-refractivity contribution < 1.29 is 4.79 Å². The van der Waals surface area contributed by atoms with E-state index in [9.17, 15) is 4.79 Å². The highest BCUT2D eigenvalue weighted by molar-refractivity contribution is 6.02. The normalized spacial score (nSPS) is 15.8. The summed E-state index contributed by atoms with van der Waals surface area (Å²) in [6.45, 7) is 8.37. The predicted molar refractivity (Wildman–Crippen MR) is 119 cm³/mol. The number of aryl methyl sites for hydroxylation is 2. The zero-order valence-electron chi connectivity index (χ0n) is 17.1. The summed E-state index contributed by atoms with van der Waals surface area (Å²) in [6, 6.07) is 3.70. The van der Waals surface area contributed by atoms with Crippen LogP contribution in [0.1, 0.15) is 17.0 Å². The van der Waals surface area contributed by atoms with E-state index in [4.69, 9.17) is 0 Å². The minimum atomic E-state index is -0.209. The van der Waals surface area contributed by atoms with Gasteiger partial charge in [0, 0.05) is 56.2 Å². The molecule has 2 amide bonds. The molecule has 0 unspecified atom stereocenters. The van der Waals surface area contributed by atoms with Crippen molar-refractivity contribution >= 4 is 41.3 Å². The van der Waals surface area contributed by atoms with Gasteiger partial charge in [-0.2, -0.15) is 0 Å². The Morgan fingerprint density at radius 3 is 2.80 bits per heavy atom. The lowest BCUT2D eigenvalue weighted by Gasteiger charge is -2.30. The minimum absolute atomic E-state index is 0. The Morgan fingerprint density at radius 2 is 2.00 bits per heavy atom. The zero-order chi connectivity index (χ0) is 20.0. The van der Waals surface area contributed by atoms with E-state index in [0.717, 1.165) is 60.9 Å². The fourth-order valence-electron chi connectivity index (χ4n) is 4.20. The molecule has 0 atom stereocenters. The van der Waals surface area contributed by atoms with Gasteiger partial charge in [0.2, 0.25) is 0 Å². The number of carbonyl (C=O) groups is 1. The number of piperazine rings is 1. The van der Waals surface area contributed by atoms with Crippen LogP contribution in [0.5, 0.6) is 0 Å². The first kappa shape index (κ1) is 20.4. The van der Waals surface area contributed by atoms with Gasteiger partial charge in [0.05, 0.1) is 23.1 Å². The number of urea groups is 1. The molecule has 3 aromatic heterocycles. The molecule has 3 aromatic rings. The number of fused-ring (bicyclic) bond motifs is 2. The standard InChI is InChI=1S/C20H24N8O.ClH/c1-13-12-28-17(14(2)23-13)11-18(25-28)24-20(29)27-8-4-15-16(3-5-22-19(15)27)26-9-6-21-7-10-26;/h3,5,11-12,21H,4,6-10H2,1-2H3,(H,24,25,29);1H. The second-order valence-corrected chi connectivity index (χ2v) is 7.53. The van der Waals surface area contributed by atoms with Crippen LogP contribution in [0.2, 0.25) is 0 Å². The molecule has 0 aromatic carbocycles. The number of halogens is 1. The van der Waals surface area contributed by atoms with E-state index in [1.165, 1.54) is 5.69 Å². The molecule has 0 aliphatic carbocycles. The Bertz CT molecular complexity index is 1090. The number of nitrogens with zero attached hydrogens (tertiary/aromatic N) is 6. The van der Waals surface area contributed by atoms with Crippen LogP contribution in [-0.2, 0) is 6.42 Å². The Hall–Kier alpha value is -2.91. The van der Waals surface area contributed by atoms with Gasteiger partial charge in [0.15, 0.2) is 5.82 Å². The Labute approximate surface area is 180 Å². The molecule has 5 rings (SSSR count). The van der Waals surface area contributed by atoms with Crippen molar-refractivity contribution in [2.75, 3.05) is 47.8 Å². The van der Waals surface area contributed by atoms with Crippen LogP contribution in [0.25, 0.3) is 5.52 Å². The van der Waals surface area contributed by atoms with Crippen molar-refractivity contribution in [1.29, 1.82) is 0 Å². The van der Waals surface area contributed by atoms with Crippen LogP contribution in [-0.4, -0.2) is 58.3 Å². The number of rotatable bonds is 2. The number of hydrogen-bond donors (Lipinski definition) is 2. The van der Waals surface area contributed by atoms with Crippen molar-refractivity contribution in [3.05, 3.63) is 41.5 Å². The van der Waals surface area contributed by atoms with Gasteiger partial charge in [0.25, 0.3) is 0 Å². The lowest BCUT2D eigenvalue weighted by molar-refractivity contribution is 0.257. The average Bonchev–Trinajstić information content (AvgIpc) is 3.32. The van der Waals surface area contributed by atoms with Crippen LogP contribution < -0.4 is 20.4 Å². The molecule has 158 valence electrons. The number of hydrogen-bond acceptors (Lipinski definition) is 6. The Morgan fingerprint density at radius 1 is 1.20 bits per heavy atom. The molecule has 2 N–H and O–H groups in total. The minimum Gasteiger partial charge on any atom is -0.369 e. The number of pyridine rings is 1. The van der Waals surface area contributed by atoms with Gasteiger partial charge >= 0.3 is 6.03 Å². The summed E-state index contributed by atoms with van der Waals surface area (Å²) in [6.07, 6.45) is 4.46. The van der Waals surface area contributed by atoms with Gasteiger partial charge in [-0.15, -0.1) is 17.5 Å². The summed E-state index contributed by atoms with van der Waals surface area (Å²) in [5.41, 5.74) is 4.99. The third kappa shape index (κ3) is 3.54. The highest BCUT2D eigenvalue weighted by Crippen LogP contribution is 2.34. The van der Waals surface area contributed by atoms with Crippen molar-refractivity contribution in [3.8, 4) is 0 Å². The molecule has 1 fully saturated rings. The average molecular weight is 429 g/mol. The Balaban J connectivity index is 0.00000218. The van der Waals surface area contributed by atoms with Crippen molar-refractivity contribution in [2.45, 2.75) is 20.3 Å². The summed E-state index contributed by atoms with van der Waals surface area (Å²) >= 11 is 0. The van der Waals surface area contributed by atoms with E-state index < -0.39 is 0 Å². The van der Waals surface area contributed by atoms with E-state index in [1.807, 2.05) is 26.1 Å². The van der Waals surface area contributed by atoms with Gasteiger partial charge in [-0.05, 0) is 26.3 Å². The molecule has 2 aliphatic heterocycles. The molecule has 0 saturated carbocycles. The molecule has 0 radical (unpaired) electrons. The van der Waals surface area contributed by atoms with Crippen molar-refractivity contribution in [3.63, 3.8) is 0 Å². The fourth-order valence-corrected chi connectivity index (χ4v) is 4.20. The van der Waals surface area contributed by atoms with Crippen molar-refractivity contribution in [1.82, 2.24) is 24.9 Å². The lowest BCUT2D eigenvalue weighted by atomic mass is 10.1. The molecule has 5 heterocycles. The van der Waals surface area contributed by atoms with Gasteiger partial charge in [-0.1, -0.05) is 0 Å². The monoisotopic (exact) mass is 428 g/mol. The summed E-state index contributed by atoms with van der Waals surface area (Å²) in [5.74, 6) is 1.26. The molecule has 30 heavy (non-hydrogen) atoms. The van der Waals surface area contributed by atoms with Gasteiger partial charge in [-0.3, -0.25) is 15.2 Å². The number of anilines is 3. The molecule has 0 bridgehead atoms. The SMILES string of the molecule is Cc1cn2nc(NC(=O)N3CCc4c(N5CCNCC5)ccnc43)cc2c(C)n1.Cl. The van der Waals surface area contributed by atoms with E-state index in [1.54, 1.807) is 15.6 Å². The highest BCUT2D eigenvalue weighted by Gasteiger charge is 2.30. The quantitative estimate of drug-likeness (QED) is 0.650. The van der Waals surface area contributed by atoms with Crippen LogP contribution in [0.3, 0.4) is 0 Å². The molecular formula is C20H25ClN8O. The van der Waals surface area contributed by atoms with Gasteiger partial charge < -0.3 is 10.2 Å². The first-order valence-corrected chi connectivity index (χ1v) is 9.96. The van der Waals surface area contributed by atoms with Gasteiger partial charge in [-0.25, -0.2) is 14.3 Å². The maximum absolute atomic E-state index is 13.0. The first-order valence-electron chi connectivity index (χ1n) is 9.96. The third-order valence-corrected chi connectivity index (χ3v) is 5.55. The number of aromatic nitrogens is 4. The second kappa shape index (κ2) is 8.08. The highest BCUT2D eigenvalue weighted by atomic mass is 35.5. The van der Waals surface area contributed by atoms with E-state index in [2.05, 4.69) is 36.7 Å². The molecule has 0 spiro atoms. The molecule has 1 saturated heterocycles. The Kier molecular flexibility index (Phi) is 5.48. The molecule has 2 aliphatic rings. The largest absolute Gasteiger partial charge is 0.369 e. The molecular weight excluding hydrogens is 404 g/mol. The van der Waals surface area contributed by atoms with E-state index in [0.29, 0.717) is 12.4 Å². The van der Waals surface area contributed by atoms with E-state index >= 15 is 0 Å². The predicted octanol–water partition coefficient (Wildman–Crippen LogP) is 2.17. The van der Waals surface area contributed by atoms with Crippen LogP contribution >= 0.6 is 12.4 Å². The maximum Gasteiger partial charge on any atom is 0.328 e. The maximum atomic E-state index is 13.0. The summed E-state index contributed by atoms with van der Waals surface area (Å²) in [7, 11) is 0. The van der Waals surface area contributed by atoms with Crippen LogP contribution in [0.4, 0.5) is 22.1 Å². The van der Waals surface area contributed by atoms with Crippen molar-refractivity contribution in [2.24, 2.45) is 0 Å². The number of nitrogens with one attached hydrogen (secondary N) is 2. The summed E-state index contributed by atoms with van der Waals surface area (Å²) < 4.78 is 1.76. The second-order valence-electron chi connectivity index (χ2n) is 7.53. The van der Waals surface area contributed by atoms with Crippen LogP contribution in [0, 0.1) is 13.8 Å². The lowest BCUT2D eigenvalue weighted by Crippen LogP contribution is -2.43.